The van der Waals surface area contributed by atoms with Crippen LogP contribution >= 0.6 is 35.3 Å². The second-order valence-electron chi connectivity index (χ2n) is 4.92. The monoisotopic (exact) mass is 435 g/mol. The van der Waals surface area contributed by atoms with Gasteiger partial charge in [0.2, 0.25) is 0 Å². The van der Waals surface area contributed by atoms with Crippen LogP contribution in [0, 0.1) is 0 Å². The lowest BCUT2D eigenvalue weighted by Gasteiger charge is -2.10. The van der Waals surface area contributed by atoms with Gasteiger partial charge < -0.3 is 15.2 Å². The topological polar surface area (TPSA) is 80.0 Å². The van der Waals surface area contributed by atoms with E-state index < -0.39 is 0 Å². The lowest BCUT2D eigenvalue weighted by molar-refractivity contribution is 0.724. The fourth-order valence-corrected chi connectivity index (χ4v) is 2.47. The summed E-state index contributed by atoms with van der Waals surface area (Å²) in [7, 11) is 3.71. The van der Waals surface area contributed by atoms with Crippen molar-refractivity contribution in [2.45, 2.75) is 32.9 Å². The van der Waals surface area contributed by atoms with Gasteiger partial charge in [0.1, 0.15) is 15.8 Å². The van der Waals surface area contributed by atoms with Gasteiger partial charge in [-0.05, 0) is 0 Å². The number of hydrogen-bond acceptors (Lipinski definition) is 5. The Balaban J connectivity index is 0.00000242. The number of halogens is 1. The predicted molar refractivity (Wildman–Crippen MR) is 99.7 cm³/mol. The first-order valence-electron chi connectivity index (χ1n) is 6.83. The lowest BCUT2D eigenvalue weighted by Crippen LogP contribution is -2.36. The van der Waals surface area contributed by atoms with Gasteiger partial charge in [0.05, 0.1) is 13.1 Å². The summed E-state index contributed by atoms with van der Waals surface area (Å²) in [5, 5.41) is 16.8. The Bertz CT molecular complexity index is 605. The maximum Gasteiger partial charge on any atom is 0.191 e. The van der Waals surface area contributed by atoms with Gasteiger partial charge >= 0.3 is 0 Å². The maximum absolute atomic E-state index is 4.26. The van der Waals surface area contributed by atoms with Gasteiger partial charge in [0, 0.05) is 32.4 Å². The molecule has 9 heteroatoms. The van der Waals surface area contributed by atoms with Crippen LogP contribution in [-0.4, -0.2) is 32.8 Å². The van der Waals surface area contributed by atoms with E-state index in [1.807, 2.05) is 17.8 Å². The van der Waals surface area contributed by atoms with Gasteiger partial charge in [0.25, 0.3) is 0 Å². The zero-order valence-corrected chi connectivity index (χ0v) is 16.3. The van der Waals surface area contributed by atoms with Crippen molar-refractivity contribution in [1.82, 2.24) is 30.4 Å². The van der Waals surface area contributed by atoms with Gasteiger partial charge in [-0.3, -0.25) is 4.99 Å². The molecule has 2 N–H and O–H groups in total. The molecule has 0 spiro atoms. The molecule has 0 amide bonds. The van der Waals surface area contributed by atoms with Gasteiger partial charge in [-0.2, -0.15) is 0 Å². The first-order valence-corrected chi connectivity index (χ1v) is 7.64. The molecule has 0 saturated heterocycles. The number of guanidine groups is 1. The van der Waals surface area contributed by atoms with Crippen LogP contribution in [0.4, 0.5) is 0 Å². The fourth-order valence-electron chi connectivity index (χ4n) is 1.68. The number of imidazole rings is 1. The minimum Gasteiger partial charge on any atom is -0.350 e. The van der Waals surface area contributed by atoms with Gasteiger partial charge in [0.15, 0.2) is 5.96 Å². The van der Waals surface area contributed by atoms with Crippen LogP contribution in [0.25, 0.3) is 0 Å². The van der Waals surface area contributed by atoms with E-state index in [-0.39, 0.29) is 24.0 Å². The average molecular weight is 435 g/mol. The highest BCUT2D eigenvalue weighted by Crippen LogP contribution is 2.18. The van der Waals surface area contributed by atoms with E-state index in [9.17, 15) is 0 Å². The van der Waals surface area contributed by atoms with Gasteiger partial charge in [-0.1, -0.05) is 25.2 Å². The third-order valence-corrected chi connectivity index (χ3v) is 4.17. The minimum atomic E-state index is 0. The number of aliphatic imine (C=N–C) groups is 1. The van der Waals surface area contributed by atoms with Crippen molar-refractivity contribution in [3.05, 3.63) is 28.2 Å². The first-order chi connectivity index (χ1) is 10.1. The van der Waals surface area contributed by atoms with E-state index in [0.717, 1.165) is 21.8 Å². The Morgan fingerprint density at radius 1 is 1.32 bits per heavy atom. The molecule has 0 saturated carbocycles. The molecule has 0 aromatic carbocycles. The zero-order chi connectivity index (χ0) is 15.2. The second-order valence-corrected chi connectivity index (χ2v) is 6.02. The number of hydrogen-bond donors (Lipinski definition) is 2. The van der Waals surface area contributed by atoms with E-state index >= 15 is 0 Å². The maximum atomic E-state index is 4.26. The molecule has 0 bridgehead atoms. The summed E-state index contributed by atoms with van der Waals surface area (Å²) in [6, 6.07) is 0. The average Bonchev–Trinajstić information content (AvgIpc) is 3.08. The largest absolute Gasteiger partial charge is 0.350 e. The highest BCUT2D eigenvalue weighted by molar-refractivity contribution is 14.0. The van der Waals surface area contributed by atoms with Crippen LogP contribution in [0.15, 0.2) is 17.4 Å². The number of aromatic nitrogens is 4. The quantitative estimate of drug-likeness (QED) is 0.426. The molecule has 0 atom stereocenters. The number of aryl methyl sites for hydroxylation is 1. The van der Waals surface area contributed by atoms with Crippen LogP contribution in [0.2, 0.25) is 0 Å². The molecule has 2 heterocycles. The van der Waals surface area contributed by atoms with Crippen molar-refractivity contribution < 1.29 is 0 Å². The summed E-state index contributed by atoms with van der Waals surface area (Å²) in [6.45, 7) is 5.47. The third-order valence-electron chi connectivity index (χ3n) is 2.94. The molecule has 0 radical (unpaired) electrons. The summed E-state index contributed by atoms with van der Waals surface area (Å²) in [5.74, 6) is 2.09. The standard InChI is InChI=1S/C13H21N7S.HI/c1-9(2)12-19-18-11(21-12)8-17-13(14-3)16-7-10-15-5-6-20(10)4;/h5-6,9H,7-8H2,1-4H3,(H2,14,16,17);1H. The van der Waals surface area contributed by atoms with Crippen molar-refractivity contribution in [2.75, 3.05) is 7.05 Å². The van der Waals surface area contributed by atoms with Gasteiger partial charge in [-0.15, -0.1) is 34.2 Å². The molecule has 7 nitrogen and oxygen atoms in total. The molecule has 0 aliphatic rings. The van der Waals surface area contributed by atoms with Crippen LogP contribution in [0.1, 0.15) is 35.6 Å². The summed E-state index contributed by atoms with van der Waals surface area (Å²) in [4.78, 5) is 8.45. The Morgan fingerprint density at radius 2 is 2.05 bits per heavy atom. The smallest absolute Gasteiger partial charge is 0.191 e. The van der Waals surface area contributed by atoms with E-state index in [1.165, 1.54) is 0 Å². The van der Waals surface area contributed by atoms with Crippen LogP contribution in [0.5, 0.6) is 0 Å². The van der Waals surface area contributed by atoms with Crippen molar-refractivity contribution >= 4 is 41.3 Å². The van der Waals surface area contributed by atoms with Crippen molar-refractivity contribution in [1.29, 1.82) is 0 Å². The van der Waals surface area contributed by atoms with Gasteiger partial charge in [-0.25, -0.2) is 4.98 Å². The number of nitrogens with one attached hydrogen (secondary N) is 2. The molecule has 0 unspecified atom stereocenters. The molecule has 2 aromatic rings. The molecule has 2 rings (SSSR count). The van der Waals surface area contributed by atoms with Crippen LogP contribution in [-0.2, 0) is 20.1 Å². The second kappa shape index (κ2) is 9.03. The van der Waals surface area contributed by atoms with E-state index in [2.05, 4.69) is 44.7 Å². The molecule has 0 aliphatic heterocycles. The molecule has 2 aromatic heterocycles. The zero-order valence-electron chi connectivity index (χ0n) is 13.2. The number of rotatable bonds is 5. The predicted octanol–water partition coefficient (Wildman–Crippen LogP) is 1.88. The van der Waals surface area contributed by atoms with E-state index in [0.29, 0.717) is 19.0 Å². The fraction of sp³-hybridized carbons (Fsp3) is 0.538. The van der Waals surface area contributed by atoms with E-state index in [1.54, 1.807) is 24.6 Å². The van der Waals surface area contributed by atoms with Crippen molar-refractivity contribution in [3.8, 4) is 0 Å². The Labute approximate surface area is 151 Å². The Hall–Kier alpha value is -1.23. The summed E-state index contributed by atoms with van der Waals surface area (Å²) in [6.07, 6.45) is 3.70. The highest BCUT2D eigenvalue weighted by Gasteiger charge is 2.08. The molecule has 22 heavy (non-hydrogen) atoms. The molecule has 122 valence electrons. The lowest BCUT2D eigenvalue weighted by atomic mass is 10.2. The first kappa shape index (κ1) is 18.8. The minimum absolute atomic E-state index is 0. The summed E-state index contributed by atoms with van der Waals surface area (Å²) < 4.78 is 1.97. The molecular formula is C13H22IN7S. The summed E-state index contributed by atoms with van der Waals surface area (Å²) in [5.41, 5.74) is 0. The van der Waals surface area contributed by atoms with Crippen LogP contribution in [0.3, 0.4) is 0 Å². The van der Waals surface area contributed by atoms with Crippen LogP contribution < -0.4 is 10.6 Å². The molecule has 0 fully saturated rings. The third kappa shape index (κ3) is 5.20. The summed E-state index contributed by atoms with van der Waals surface area (Å²) >= 11 is 1.63. The van der Waals surface area contributed by atoms with Crippen molar-refractivity contribution in [3.63, 3.8) is 0 Å². The molecule has 0 aliphatic carbocycles. The Morgan fingerprint density at radius 3 is 2.59 bits per heavy atom. The SMILES string of the molecule is CN=C(NCc1nnc(C(C)C)s1)NCc1nccn1C.I. The Kier molecular flexibility index (Phi) is 7.73. The highest BCUT2D eigenvalue weighted by atomic mass is 127. The number of nitrogens with zero attached hydrogens (tertiary/aromatic N) is 5. The van der Waals surface area contributed by atoms with E-state index in [4.69, 9.17) is 0 Å². The normalized spacial score (nSPS) is 11.4. The molecular weight excluding hydrogens is 413 g/mol. The van der Waals surface area contributed by atoms with Crippen molar-refractivity contribution in [2.24, 2.45) is 12.0 Å².